The molecule has 2 nitrogen and oxygen atoms in total. The molecule has 1 aliphatic rings. The minimum Gasteiger partial charge on any atom is -0.387 e. The van der Waals surface area contributed by atoms with Crippen LogP contribution in [0.5, 0.6) is 0 Å². The molecule has 0 amide bonds. The molecule has 0 saturated carbocycles. The van der Waals surface area contributed by atoms with Crippen molar-refractivity contribution >= 4 is 22.9 Å². The standard InChI is InChI=1S/C8H10ClNOS/c9-7-6(1-2-12-7)3-8(11)4-10-5-8/h1-2,10-11H,3-5H2. The first-order valence-electron chi connectivity index (χ1n) is 3.85. The molecule has 2 heterocycles. The van der Waals surface area contributed by atoms with E-state index in [4.69, 9.17) is 11.6 Å². The van der Waals surface area contributed by atoms with Crippen molar-refractivity contribution in [1.82, 2.24) is 5.32 Å². The van der Waals surface area contributed by atoms with Gasteiger partial charge in [-0.25, -0.2) is 0 Å². The second-order valence-electron chi connectivity index (χ2n) is 3.22. The van der Waals surface area contributed by atoms with Crippen molar-refractivity contribution in [2.75, 3.05) is 13.1 Å². The maximum Gasteiger partial charge on any atom is 0.0961 e. The zero-order valence-electron chi connectivity index (χ0n) is 6.51. The fraction of sp³-hybridized carbons (Fsp3) is 0.500. The van der Waals surface area contributed by atoms with Crippen molar-refractivity contribution < 1.29 is 5.11 Å². The summed E-state index contributed by atoms with van der Waals surface area (Å²) < 4.78 is 0.801. The molecular formula is C8H10ClNOS. The average molecular weight is 204 g/mol. The number of nitrogens with one attached hydrogen (secondary N) is 1. The van der Waals surface area contributed by atoms with Crippen LogP contribution in [0.1, 0.15) is 5.56 Å². The Morgan fingerprint density at radius 2 is 2.42 bits per heavy atom. The quantitative estimate of drug-likeness (QED) is 0.759. The van der Waals surface area contributed by atoms with Gasteiger partial charge >= 0.3 is 0 Å². The van der Waals surface area contributed by atoms with Gasteiger partial charge in [0, 0.05) is 19.5 Å². The first-order valence-corrected chi connectivity index (χ1v) is 5.10. The summed E-state index contributed by atoms with van der Waals surface area (Å²) in [6.07, 6.45) is 0.669. The molecular weight excluding hydrogens is 194 g/mol. The molecule has 1 aliphatic heterocycles. The van der Waals surface area contributed by atoms with E-state index in [0.29, 0.717) is 19.5 Å². The Hall–Kier alpha value is -0.0900. The third-order valence-electron chi connectivity index (χ3n) is 2.12. The minimum absolute atomic E-state index is 0.551. The number of rotatable bonds is 2. The van der Waals surface area contributed by atoms with E-state index in [1.54, 1.807) is 0 Å². The summed E-state index contributed by atoms with van der Waals surface area (Å²) in [6, 6.07) is 1.98. The van der Waals surface area contributed by atoms with Gasteiger partial charge in [0.05, 0.1) is 9.94 Å². The largest absolute Gasteiger partial charge is 0.387 e. The van der Waals surface area contributed by atoms with Gasteiger partial charge in [0.1, 0.15) is 0 Å². The zero-order chi connectivity index (χ0) is 8.60. The Morgan fingerprint density at radius 3 is 2.83 bits per heavy atom. The van der Waals surface area contributed by atoms with Gasteiger partial charge in [0.15, 0.2) is 0 Å². The number of hydrogen-bond acceptors (Lipinski definition) is 3. The number of aliphatic hydroxyl groups is 1. The maximum absolute atomic E-state index is 9.79. The molecule has 12 heavy (non-hydrogen) atoms. The predicted octanol–water partition coefficient (Wildman–Crippen LogP) is 1.28. The highest BCUT2D eigenvalue weighted by molar-refractivity contribution is 7.14. The third kappa shape index (κ3) is 1.50. The number of halogens is 1. The lowest BCUT2D eigenvalue weighted by Gasteiger charge is -2.37. The van der Waals surface area contributed by atoms with Gasteiger partial charge in [-0.05, 0) is 17.0 Å². The van der Waals surface area contributed by atoms with E-state index in [2.05, 4.69) is 5.32 Å². The van der Waals surface area contributed by atoms with E-state index in [9.17, 15) is 5.11 Å². The molecule has 0 spiro atoms. The van der Waals surface area contributed by atoms with Gasteiger partial charge in [0.25, 0.3) is 0 Å². The topological polar surface area (TPSA) is 32.3 Å². The van der Waals surface area contributed by atoms with Crippen LogP contribution in [0, 0.1) is 0 Å². The highest BCUT2D eigenvalue weighted by atomic mass is 35.5. The van der Waals surface area contributed by atoms with Crippen molar-refractivity contribution in [3.63, 3.8) is 0 Å². The molecule has 0 bridgehead atoms. The lowest BCUT2D eigenvalue weighted by atomic mass is 9.90. The van der Waals surface area contributed by atoms with Gasteiger partial charge < -0.3 is 10.4 Å². The normalized spacial score (nSPS) is 20.5. The molecule has 1 fully saturated rings. The van der Waals surface area contributed by atoms with Gasteiger partial charge in [-0.3, -0.25) is 0 Å². The molecule has 0 aromatic carbocycles. The Kier molecular flexibility index (Phi) is 2.12. The van der Waals surface area contributed by atoms with Crippen LogP contribution in [0.25, 0.3) is 0 Å². The molecule has 1 aromatic rings. The van der Waals surface area contributed by atoms with Gasteiger partial charge in [-0.1, -0.05) is 11.6 Å². The van der Waals surface area contributed by atoms with Crippen molar-refractivity contribution in [2.45, 2.75) is 12.0 Å². The van der Waals surface area contributed by atoms with E-state index < -0.39 is 5.60 Å². The molecule has 0 radical (unpaired) electrons. The first kappa shape index (κ1) is 8.51. The molecule has 1 aromatic heterocycles. The Morgan fingerprint density at radius 1 is 1.67 bits per heavy atom. The second-order valence-corrected chi connectivity index (χ2v) is 4.74. The van der Waals surface area contributed by atoms with Gasteiger partial charge in [-0.15, -0.1) is 11.3 Å². The van der Waals surface area contributed by atoms with Crippen LogP contribution in [0.2, 0.25) is 4.34 Å². The zero-order valence-corrected chi connectivity index (χ0v) is 8.08. The number of β-amino-alcohol motifs (C(OH)–C–C–N with tert-alkyl or cyclic N) is 1. The van der Waals surface area contributed by atoms with Crippen molar-refractivity contribution in [1.29, 1.82) is 0 Å². The molecule has 2 N–H and O–H groups in total. The predicted molar refractivity (Wildman–Crippen MR) is 50.9 cm³/mol. The Labute approximate surface area is 80.2 Å². The lowest BCUT2D eigenvalue weighted by molar-refractivity contribution is -0.00892. The fourth-order valence-corrected chi connectivity index (χ4v) is 2.27. The van der Waals surface area contributed by atoms with Crippen molar-refractivity contribution in [3.05, 3.63) is 21.3 Å². The summed E-state index contributed by atoms with van der Waals surface area (Å²) in [5.41, 5.74) is 0.510. The second kappa shape index (κ2) is 3.00. The number of thiophene rings is 1. The van der Waals surface area contributed by atoms with Crippen LogP contribution in [0.3, 0.4) is 0 Å². The van der Waals surface area contributed by atoms with Gasteiger partial charge in [0.2, 0.25) is 0 Å². The van der Waals surface area contributed by atoms with Gasteiger partial charge in [-0.2, -0.15) is 0 Å². The first-order chi connectivity index (χ1) is 5.70. The van der Waals surface area contributed by atoms with E-state index in [0.717, 1.165) is 9.90 Å². The molecule has 0 unspecified atom stereocenters. The average Bonchev–Trinajstić information content (AvgIpc) is 2.34. The van der Waals surface area contributed by atoms with Crippen LogP contribution >= 0.6 is 22.9 Å². The Balaban J connectivity index is 2.08. The van der Waals surface area contributed by atoms with Crippen molar-refractivity contribution in [2.24, 2.45) is 0 Å². The summed E-state index contributed by atoms with van der Waals surface area (Å²) >= 11 is 7.43. The fourth-order valence-electron chi connectivity index (χ4n) is 1.34. The van der Waals surface area contributed by atoms with Crippen LogP contribution in [0.15, 0.2) is 11.4 Å². The third-order valence-corrected chi connectivity index (χ3v) is 3.37. The van der Waals surface area contributed by atoms with E-state index in [1.165, 1.54) is 11.3 Å². The summed E-state index contributed by atoms with van der Waals surface area (Å²) in [5.74, 6) is 0. The molecule has 0 aliphatic carbocycles. The summed E-state index contributed by atoms with van der Waals surface area (Å²) in [4.78, 5) is 0. The number of hydrogen-bond donors (Lipinski definition) is 2. The van der Waals surface area contributed by atoms with Crippen LogP contribution in [-0.4, -0.2) is 23.8 Å². The highest BCUT2D eigenvalue weighted by Gasteiger charge is 2.34. The monoisotopic (exact) mass is 203 g/mol. The van der Waals surface area contributed by atoms with Crippen LogP contribution < -0.4 is 5.32 Å². The van der Waals surface area contributed by atoms with E-state index in [-0.39, 0.29) is 0 Å². The van der Waals surface area contributed by atoms with Crippen LogP contribution in [0.4, 0.5) is 0 Å². The molecule has 2 rings (SSSR count). The van der Waals surface area contributed by atoms with Crippen LogP contribution in [-0.2, 0) is 6.42 Å². The van der Waals surface area contributed by atoms with E-state index >= 15 is 0 Å². The molecule has 1 saturated heterocycles. The van der Waals surface area contributed by atoms with Crippen molar-refractivity contribution in [3.8, 4) is 0 Å². The smallest absolute Gasteiger partial charge is 0.0961 e. The Bertz CT molecular complexity index is 282. The SMILES string of the molecule is OC1(Cc2ccsc2Cl)CNC1. The lowest BCUT2D eigenvalue weighted by Crippen LogP contribution is -2.60. The highest BCUT2D eigenvalue weighted by Crippen LogP contribution is 2.27. The molecule has 0 atom stereocenters. The summed E-state index contributed by atoms with van der Waals surface area (Å²) in [6.45, 7) is 1.36. The molecule has 4 heteroatoms. The summed E-state index contributed by atoms with van der Waals surface area (Å²) in [5, 5.41) is 14.8. The maximum atomic E-state index is 9.79. The minimum atomic E-state index is -0.551. The molecule has 66 valence electrons. The van der Waals surface area contributed by atoms with E-state index in [1.807, 2.05) is 11.4 Å². The summed E-state index contributed by atoms with van der Waals surface area (Å²) in [7, 11) is 0.